The molecule has 1 aromatic carbocycles. The SMILES string of the molecule is CCN(CC)Cc1ccc(CNC(=NC)NC(C)Cc2c(C)nn(C)c2C)cc1. The molecule has 160 valence electrons. The maximum Gasteiger partial charge on any atom is 0.191 e. The Morgan fingerprint density at radius 1 is 1.14 bits per heavy atom. The molecular formula is C23H38N6. The van der Waals surface area contributed by atoms with Gasteiger partial charge in [-0.15, -0.1) is 0 Å². The zero-order valence-corrected chi connectivity index (χ0v) is 19.2. The second kappa shape index (κ2) is 11.0. The van der Waals surface area contributed by atoms with Crippen molar-refractivity contribution in [2.75, 3.05) is 20.1 Å². The van der Waals surface area contributed by atoms with Crippen molar-refractivity contribution in [1.29, 1.82) is 0 Å². The fourth-order valence-corrected chi connectivity index (χ4v) is 3.55. The Kier molecular flexibility index (Phi) is 8.70. The highest BCUT2D eigenvalue weighted by molar-refractivity contribution is 5.79. The summed E-state index contributed by atoms with van der Waals surface area (Å²) < 4.78 is 1.95. The lowest BCUT2D eigenvalue weighted by atomic mass is 10.1. The van der Waals surface area contributed by atoms with Crippen LogP contribution in [0, 0.1) is 13.8 Å². The van der Waals surface area contributed by atoms with Crippen LogP contribution in [0.1, 0.15) is 48.8 Å². The smallest absolute Gasteiger partial charge is 0.191 e. The molecule has 0 bridgehead atoms. The molecule has 0 aliphatic heterocycles. The number of benzene rings is 1. The molecule has 2 N–H and O–H groups in total. The van der Waals surface area contributed by atoms with Gasteiger partial charge in [-0.3, -0.25) is 14.6 Å². The minimum atomic E-state index is 0.263. The van der Waals surface area contributed by atoms with E-state index in [1.54, 1.807) is 0 Å². The Labute approximate surface area is 176 Å². The number of aliphatic imine (C=N–C) groups is 1. The zero-order valence-electron chi connectivity index (χ0n) is 19.2. The van der Waals surface area contributed by atoms with Gasteiger partial charge in [-0.25, -0.2) is 0 Å². The summed E-state index contributed by atoms with van der Waals surface area (Å²) in [6.45, 7) is 14.7. The molecule has 6 nitrogen and oxygen atoms in total. The second-order valence-corrected chi connectivity index (χ2v) is 7.73. The number of guanidine groups is 1. The van der Waals surface area contributed by atoms with Crippen LogP contribution in [0.2, 0.25) is 0 Å². The maximum atomic E-state index is 4.51. The Hall–Kier alpha value is -2.34. The number of hydrogen-bond donors (Lipinski definition) is 2. The number of aryl methyl sites for hydroxylation is 2. The lowest BCUT2D eigenvalue weighted by Crippen LogP contribution is -2.42. The standard InChI is InChI=1S/C23H38N6/c1-8-29(9-2)16-21-12-10-20(11-13-21)15-25-23(24-6)26-17(3)14-22-18(4)27-28(7)19(22)5/h10-13,17H,8-9,14-16H2,1-7H3,(H2,24,25,26). The number of nitrogens with zero attached hydrogens (tertiary/aromatic N) is 4. The fourth-order valence-electron chi connectivity index (χ4n) is 3.55. The molecule has 1 unspecified atom stereocenters. The largest absolute Gasteiger partial charge is 0.354 e. The summed E-state index contributed by atoms with van der Waals surface area (Å²) in [4.78, 5) is 6.80. The van der Waals surface area contributed by atoms with Crippen LogP contribution in [-0.2, 0) is 26.6 Å². The Morgan fingerprint density at radius 2 is 1.76 bits per heavy atom. The van der Waals surface area contributed by atoms with Crippen molar-refractivity contribution in [3.05, 3.63) is 52.3 Å². The highest BCUT2D eigenvalue weighted by atomic mass is 15.3. The van der Waals surface area contributed by atoms with Gasteiger partial charge < -0.3 is 10.6 Å². The summed E-state index contributed by atoms with van der Waals surface area (Å²) in [5, 5.41) is 11.4. The van der Waals surface area contributed by atoms with E-state index in [1.165, 1.54) is 22.4 Å². The molecule has 0 aliphatic rings. The van der Waals surface area contributed by atoms with Gasteiger partial charge in [0, 0.05) is 38.9 Å². The van der Waals surface area contributed by atoms with Crippen molar-refractivity contribution in [3.63, 3.8) is 0 Å². The van der Waals surface area contributed by atoms with Crippen molar-refractivity contribution < 1.29 is 0 Å². The first-order valence-corrected chi connectivity index (χ1v) is 10.6. The summed E-state index contributed by atoms with van der Waals surface area (Å²) >= 11 is 0. The summed E-state index contributed by atoms with van der Waals surface area (Å²) in [6.07, 6.45) is 0.923. The molecule has 0 fully saturated rings. The van der Waals surface area contributed by atoms with E-state index >= 15 is 0 Å². The lowest BCUT2D eigenvalue weighted by Gasteiger charge is -2.19. The molecule has 6 heteroatoms. The molecular weight excluding hydrogens is 360 g/mol. The van der Waals surface area contributed by atoms with Gasteiger partial charge in [0.05, 0.1) is 5.69 Å². The molecule has 0 amide bonds. The van der Waals surface area contributed by atoms with Crippen LogP contribution in [0.25, 0.3) is 0 Å². The van der Waals surface area contributed by atoms with E-state index < -0.39 is 0 Å². The van der Waals surface area contributed by atoms with Crippen LogP contribution >= 0.6 is 0 Å². The molecule has 1 aromatic heterocycles. The minimum Gasteiger partial charge on any atom is -0.354 e. The van der Waals surface area contributed by atoms with E-state index in [0.717, 1.165) is 44.3 Å². The van der Waals surface area contributed by atoms with Crippen molar-refractivity contribution in [2.45, 2.75) is 60.2 Å². The molecule has 2 rings (SSSR count). The Morgan fingerprint density at radius 3 is 2.28 bits per heavy atom. The van der Waals surface area contributed by atoms with E-state index in [0.29, 0.717) is 0 Å². The maximum absolute atomic E-state index is 4.51. The Bertz CT molecular complexity index is 786. The van der Waals surface area contributed by atoms with Gasteiger partial charge in [-0.2, -0.15) is 5.10 Å². The average Bonchev–Trinajstić information content (AvgIpc) is 2.96. The van der Waals surface area contributed by atoms with E-state index in [1.807, 2.05) is 18.8 Å². The van der Waals surface area contributed by atoms with Crippen LogP contribution in [-0.4, -0.2) is 46.8 Å². The number of hydrogen-bond acceptors (Lipinski definition) is 3. The fraction of sp³-hybridized carbons (Fsp3) is 0.565. The van der Waals surface area contributed by atoms with Crippen LogP contribution in [0.5, 0.6) is 0 Å². The van der Waals surface area contributed by atoms with Gasteiger partial charge in [-0.1, -0.05) is 38.1 Å². The molecule has 0 spiro atoms. The van der Waals surface area contributed by atoms with Crippen LogP contribution in [0.3, 0.4) is 0 Å². The average molecular weight is 399 g/mol. The first-order valence-electron chi connectivity index (χ1n) is 10.6. The number of nitrogens with one attached hydrogen (secondary N) is 2. The van der Waals surface area contributed by atoms with E-state index in [9.17, 15) is 0 Å². The van der Waals surface area contributed by atoms with Crippen molar-refractivity contribution in [3.8, 4) is 0 Å². The van der Waals surface area contributed by atoms with Gasteiger partial charge in [0.25, 0.3) is 0 Å². The quantitative estimate of drug-likeness (QED) is 0.503. The second-order valence-electron chi connectivity index (χ2n) is 7.73. The molecule has 0 radical (unpaired) electrons. The zero-order chi connectivity index (χ0) is 21.4. The van der Waals surface area contributed by atoms with Crippen LogP contribution in [0.15, 0.2) is 29.3 Å². The van der Waals surface area contributed by atoms with E-state index in [2.05, 4.69) is 84.5 Å². The first-order chi connectivity index (χ1) is 13.9. The monoisotopic (exact) mass is 398 g/mol. The molecule has 2 aromatic rings. The van der Waals surface area contributed by atoms with Crippen LogP contribution in [0.4, 0.5) is 0 Å². The predicted molar refractivity (Wildman–Crippen MR) is 122 cm³/mol. The Balaban J connectivity index is 1.87. The predicted octanol–water partition coefficient (Wildman–Crippen LogP) is 3.17. The van der Waals surface area contributed by atoms with Crippen molar-refractivity contribution >= 4 is 5.96 Å². The molecule has 0 aliphatic carbocycles. The molecule has 0 saturated carbocycles. The number of rotatable bonds is 9. The third-order valence-corrected chi connectivity index (χ3v) is 5.56. The number of aromatic nitrogens is 2. The van der Waals surface area contributed by atoms with E-state index in [-0.39, 0.29) is 6.04 Å². The summed E-state index contributed by atoms with van der Waals surface area (Å²) in [7, 11) is 3.81. The third kappa shape index (κ3) is 6.60. The summed E-state index contributed by atoms with van der Waals surface area (Å²) in [6, 6.07) is 9.11. The highest BCUT2D eigenvalue weighted by Crippen LogP contribution is 2.14. The van der Waals surface area contributed by atoms with Crippen molar-refractivity contribution in [2.24, 2.45) is 12.0 Å². The normalized spacial score (nSPS) is 13.0. The molecule has 1 heterocycles. The third-order valence-electron chi connectivity index (χ3n) is 5.56. The summed E-state index contributed by atoms with van der Waals surface area (Å²) in [5.41, 5.74) is 6.25. The van der Waals surface area contributed by atoms with E-state index in [4.69, 9.17) is 0 Å². The van der Waals surface area contributed by atoms with Crippen molar-refractivity contribution in [1.82, 2.24) is 25.3 Å². The molecule has 1 atom stereocenters. The van der Waals surface area contributed by atoms with Gasteiger partial charge in [0.2, 0.25) is 0 Å². The topological polar surface area (TPSA) is 57.5 Å². The minimum absolute atomic E-state index is 0.263. The van der Waals surface area contributed by atoms with Gasteiger partial charge in [0.15, 0.2) is 5.96 Å². The molecule has 0 saturated heterocycles. The molecule has 29 heavy (non-hydrogen) atoms. The lowest BCUT2D eigenvalue weighted by molar-refractivity contribution is 0.296. The summed E-state index contributed by atoms with van der Waals surface area (Å²) in [5.74, 6) is 0.823. The van der Waals surface area contributed by atoms with Gasteiger partial charge >= 0.3 is 0 Å². The first kappa shape index (κ1) is 22.9. The van der Waals surface area contributed by atoms with Gasteiger partial charge in [0.1, 0.15) is 0 Å². The van der Waals surface area contributed by atoms with Crippen LogP contribution < -0.4 is 10.6 Å². The highest BCUT2D eigenvalue weighted by Gasteiger charge is 2.14. The van der Waals surface area contributed by atoms with Gasteiger partial charge in [-0.05, 0) is 57.0 Å².